The lowest BCUT2D eigenvalue weighted by molar-refractivity contribution is -0.190. The van der Waals surface area contributed by atoms with E-state index in [1.165, 1.54) is 63.2 Å². The Morgan fingerprint density at radius 2 is 1.57 bits per heavy atom. The van der Waals surface area contributed by atoms with E-state index in [1.807, 2.05) is 0 Å². The molecule has 0 aromatic heterocycles. The van der Waals surface area contributed by atoms with Gasteiger partial charge in [-0.25, -0.2) is 0 Å². The lowest BCUT2D eigenvalue weighted by Gasteiger charge is -2.15. The van der Waals surface area contributed by atoms with Gasteiger partial charge in [0.1, 0.15) is 0 Å². The van der Waals surface area contributed by atoms with Crippen molar-refractivity contribution in [2.24, 2.45) is 5.92 Å². The normalized spacial score (nSPS) is 19.3. The monoisotopic (exact) mass is 330 g/mol. The second-order valence-electron chi connectivity index (χ2n) is 5.89. The van der Waals surface area contributed by atoms with Crippen molar-refractivity contribution in [3.05, 3.63) is 49.1 Å². The van der Waals surface area contributed by atoms with E-state index in [0.29, 0.717) is 0 Å². The smallest absolute Gasteiger partial charge is 0.379 e. The first-order chi connectivity index (χ1) is 10.8. The number of rotatable bonds is 4. The molecule has 0 aromatic carbocycles. The molecule has 0 heterocycles. The van der Waals surface area contributed by atoms with Crippen LogP contribution in [0.4, 0.5) is 13.2 Å². The molecule has 0 radical (unpaired) electrons. The summed E-state index contributed by atoms with van der Waals surface area (Å²) in [7, 11) is 0. The number of aliphatic hydroxyl groups excluding tert-OH is 1. The molecule has 1 saturated carbocycles. The Bertz CT molecular complexity index is 386. The van der Waals surface area contributed by atoms with Gasteiger partial charge in [0.2, 0.25) is 0 Å². The molecule has 1 nitrogen and oxygen atoms in total. The molecule has 0 aliphatic heterocycles. The molecule has 0 bridgehead atoms. The van der Waals surface area contributed by atoms with Gasteiger partial charge in [-0.1, -0.05) is 95.4 Å². The molecule has 23 heavy (non-hydrogen) atoms. The first-order valence-electron chi connectivity index (χ1n) is 8.19. The molecule has 4 heteroatoms. The van der Waals surface area contributed by atoms with Gasteiger partial charge in [0.05, 0.1) is 0 Å². The van der Waals surface area contributed by atoms with Crippen molar-refractivity contribution in [1.82, 2.24) is 0 Å². The van der Waals surface area contributed by atoms with E-state index in [2.05, 4.69) is 20.1 Å². The Balaban J connectivity index is 0.000000459. The van der Waals surface area contributed by atoms with Crippen LogP contribution in [0.5, 0.6) is 0 Å². The molecule has 1 rings (SSSR count). The highest BCUT2D eigenvalue weighted by molar-refractivity contribution is 5.29. The first kappa shape index (κ1) is 21.7. The number of hydrogen-bond donors (Lipinski definition) is 1. The van der Waals surface area contributed by atoms with Crippen LogP contribution in [0.2, 0.25) is 0 Å². The number of hydrogen-bond acceptors (Lipinski definition) is 1. The quantitative estimate of drug-likeness (QED) is 0.615. The minimum Gasteiger partial charge on any atom is -0.379 e. The Morgan fingerprint density at radius 3 is 2.00 bits per heavy atom. The number of halogens is 3. The number of allylic oxidation sites excluding steroid dienone is 4. The van der Waals surface area contributed by atoms with E-state index in [1.54, 1.807) is 0 Å². The Labute approximate surface area is 138 Å². The van der Waals surface area contributed by atoms with E-state index < -0.39 is 12.3 Å². The summed E-state index contributed by atoms with van der Waals surface area (Å²) in [6.07, 6.45) is 9.30. The highest BCUT2D eigenvalue weighted by Crippen LogP contribution is 2.26. The van der Waals surface area contributed by atoms with Crippen molar-refractivity contribution in [3.63, 3.8) is 0 Å². The number of alkyl halides is 3. The molecule has 1 aliphatic rings. The topological polar surface area (TPSA) is 20.2 Å². The van der Waals surface area contributed by atoms with Gasteiger partial charge >= 0.3 is 6.18 Å². The summed E-state index contributed by atoms with van der Waals surface area (Å²) in [6, 6.07) is 0. The summed E-state index contributed by atoms with van der Waals surface area (Å²) in [5.74, 6) is 1.02. The molecule has 0 saturated heterocycles. The van der Waals surface area contributed by atoms with Crippen LogP contribution in [0.25, 0.3) is 0 Å². The van der Waals surface area contributed by atoms with Crippen LogP contribution in [0, 0.1) is 5.92 Å². The van der Waals surface area contributed by atoms with Crippen molar-refractivity contribution >= 4 is 0 Å². The summed E-state index contributed by atoms with van der Waals surface area (Å²) in [6.45, 7) is 8.96. The van der Waals surface area contributed by atoms with Crippen LogP contribution in [-0.2, 0) is 0 Å². The van der Waals surface area contributed by atoms with Gasteiger partial charge in [0.15, 0.2) is 6.10 Å². The maximum Gasteiger partial charge on any atom is 0.418 e. The molecule has 0 spiro atoms. The van der Waals surface area contributed by atoms with Gasteiger partial charge in [-0.2, -0.15) is 13.2 Å². The summed E-state index contributed by atoms with van der Waals surface area (Å²) >= 11 is 0. The zero-order valence-electron chi connectivity index (χ0n) is 14.0. The fraction of sp³-hybridized carbons (Fsp3) is 0.579. The van der Waals surface area contributed by atoms with Crippen LogP contribution in [-0.4, -0.2) is 17.4 Å². The van der Waals surface area contributed by atoms with Crippen LogP contribution in [0.3, 0.4) is 0 Å². The van der Waals surface area contributed by atoms with Gasteiger partial charge in [-0.05, 0) is 11.5 Å². The van der Waals surface area contributed by atoms with Gasteiger partial charge in [-0.3, -0.25) is 0 Å². The van der Waals surface area contributed by atoms with Crippen molar-refractivity contribution < 1.29 is 18.3 Å². The predicted octanol–water partition coefficient (Wildman–Crippen LogP) is 6.13. The van der Waals surface area contributed by atoms with Crippen molar-refractivity contribution in [2.75, 3.05) is 0 Å². The largest absolute Gasteiger partial charge is 0.418 e. The zero-order valence-corrected chi connectivity index (χ0v) is 14.0. The predicted molar refractivity (Wildman–Crippen MR) is 91.2 cm³/mol. The maximum absolute atomic E-state index is 12.1. The second kappa shape index (κ2) is 12.2. The molecule has 1 fully saturated rings. The average molecular weight is 330 g/mol. The fourth-order valence-corrected chi connectivity index (χ4v) is 2.40. The van der Waals surface area contributed by atoms with Gasteiger partial charge in [0, 0.05) is 0 Å². The second-order valence-corrected chi connectivity index (χ2v) is 5.89. The summed E-state index contributed by atoms with van der Waals surface area (Å²) in [5, 5.41) is 8.88. The average Bonchev–Trinajstić information content (AvgIpc) is 2.46. The lowest BCUT2D eigenvalue weighted by atomic mass is 9.93. The van der Waals surface area contributed by atoms with Crippen LogP contribution < -0.4 is 0 Å². The lowest BCUT2D eigenvalue weighted by Crippen LogP contribution is -2.29. The molecule has 0 amide bonds. The molecule has 1 N–H and O–H groups in total. The Kier molecular flexibility index (Phi) is 11.5. The molecular weight excluding hydrogens is 301 g/mol. The van der Waals surface area contributed by atoms with E-state index in [-0.39, 0.29) is 5.57 Å². The standard InChI is InChI=1S/C10H11F3O.C9H18/c1-3-5-7-8(6-4-2)9(14)10(11,12)13;1-9-7-5-3-2-4-6-8-9/h3-7,9,14H,1-2H2;9H,2-8H2,1H3/b7-5-,8-6+;. The highest BCUT2D eigenvalue weighted by atomic mass is 19.4. The summed E-state index contributed by atoms with van der Waals surface area (Å²) in [4.78, 5) is 0. The Hall–Kier alpha value is -1.29. The third kappa shape index (κ3) is 11.0. The van der Waals surface area contributed by atoms with Crippen molar-refractivity contribution in [3.8, 4) is 0 Å². The molecule has 1 unspecified atom stereocenters. The van der Waals surface area contributed by atoms with E-state index in [0.717, 1.165) is 18.1 Å². The minimum atomic E-state index is -4.67. The maximum atomic E-state index is 12.1. The third-order valence-electron chi connectivity index (χ3n) is 3.75. The summed E-state index contributed by atoms with van der Waals surface area (Å²) < 4.78 is 36.2. The van der Waals surface area contributed by atoms with E-state index >= 15 is 0 Å². The van der Waals surface area contributed by atoms with Crippen molar-refractivity contribution in [2.45, 2.75) is 64.1 Å². The van der Waals surface area contributed by atoms with E-state index in [9.17, 15) is 13.2 Å². The third-order valence-corrected chi connectivity index (χ3v) is 3.75. The van der Waals surface area contributed by atoms with Crippen LogP contribution in [0.1, 0.15) is 51.9 Å². The van der Waals surface area contributed by atoms with Gasteiger partial charge in [-0.15, -0.1) is 0 Å². The Morgan fingerprint density at radius 1 is 1.04 bits per heavy atom. The first-order valence-corrected chi connectivity index (χ1v) is 8.19. The SMILES string of the molecule is C=C/C=C\C(=C/C=C)C(O)C(F)(F)F.CC1CCCCCCC1. The number of aliphatic hydroxyl groups is 1. The highest BCUT2D eigenvalue weighted by Gasteiger charge is 2.39. The molecule has 1 aliphatic carbocycles. The molecule has 132 valence electrons. The minimum absolute atomic E-state index is 0.271. The van der Waals surface area contributed by atoms with Crippen LogP contribution >= 0.6 is 0 Å². The van der Waals surface area contributed by atoms with Gasteiger partial charge < -0.3 is 5.11 Å². The molecule has 1 atom stereocenters. The van der Waals surface area contributed by atoms with Crippen molar-refractivity contribution in [1.29, 1.82) is 0 Å². The molecular formula is C19H29F3O. The zero-order chi connectivity index (χ0) is 17.7. The van der Waals surface area contributed by atoms with Crippen LogP contribution in [0.15, 0.2) is 49.1 Å². The fourth-order valence-electron chi connectivity index (χ4n) is 2.40. The molecule has 0 aromatic rings. The summed E-state index contributed by atoms with van der Waals surface area (Å²) in [5.41, 5.74) is -0.271. The van der Waals surface area contributed by atoms with Gasteiger partial charge in [0.25, 0.3) is 0 Å². The van der Waals surface area contributed by atoms with E-state index in [4.69, 9.17) is 5.11 Å².